The second-order valence-corrected chi connectivity index (χ2v) is 6.62. The Labute approximate surface area is 163 Å². The quantitative estimate of drug-likeness (QED) is 0.665. The van der Waals surface area contributed by atoms with Crippen LogP contribution in [0.1, 0.15) is 21.8 Å². The maximum Gasteiger partial charge on any atom is 0.273 e. The smallest absolute Gasteiger partial charge is 0.273 e. The normalized spacial score (nSPS) is 10.4. The van der Waals surface area contributed by atoms with Crippen LogP contribution in [-0.4, -0.2) is 35.4 Å². The molecule has 0 unspecified atom stereocenters. The summed E-state index contributed by atoms with van der Waals surface area (Å²) < 4.78 is 5.58. The van der Waals surface area contributed by atoms with E-state index in [0.717, 1.165) is 12.2 Å². The first-order chi connectivity index (χ1) is 12.2. The molecule has 26 heavy (non-hydrogen) atoms. The zero-order valence-corrected chi connectivity index (χ0v) is 16.2. The number of halogens is 1. The van der Waals surface area contributed by atoms with Crippen molar-refractivity contribution < 1.29 is 9.21 Å². The van der Waals surface area contributed by atoms with Crippen molar-refractivity contribution in [2.45, 2.75) is 13.3 Å². The maximum absolute atomic E-state index is 12.8. The number of nitrogens with two attached hydrogens (primary N) is 1. The molecule has 0 bridgehead atoms. The van der Waals surface area contributed by atoms with Crippen LogP contribution in [0.15, 0.2) is 52.3 Å². The van der Waals surface area contributed by atoms with E-state index in [9.17, 15) is 4.79 Å². The van der Waals surface area contributed by atoms with Gasteiger partial charge in [-0.05, 0) is 31.0 Å². The van der Waals surface area contributed by atoms with Crippen LogP contribution in [-0.2, 0) is 6.42 Å². The number of furan rings is 1. The molecule has 7 heteroatoms. The van der Waals surface area contributed by atoms with Crippen LogP contribution in [0.4, 0.5) is 0 Å². The Kier molecular flexibility index (Phi) is 7.38. The Morgan fingerprint density at radius 1 is 1.19 bits per heavy atom. The number of nitrogens with zero attached hydrogens (tertiary/aromatic N) is 2. The first-order valence-electron chi connectivity index (χ1n) is 8.23. The summed E-state index contributed by atoms with van der Waals surface area (Å²) in [6.07, 6.45) is 0.793. The molecule has 0 radical (unpaired) electrons. The van der Waals surface area contributed by atoms with Crippen molar-refractivity contribution in [3.8, 4) is 10.8 Å². The summed E-state index contributed by atoms with van der Waals surface area (Å²) in [6, 6.07) is 13.9. The molecule has 2 aromatic heterocycles. The average Bonchev–Trinajstić information content (AvgIpc) is 3.28. The van der Waals surface area contributed by atoms with Crippen molar-refractivity contribution in [1.82, 2.24) is 9.88 Å². The number of hydrogen-bond acceptors (Lipinski definition) is 5. The number of aromatic nitrogens is 1. The zero-order chi connectivity index (χ0) is 17.6. The summed E-state index contributed by atoms with van der Waals surface area (Å²) >= 11 is 1.41. The fourth-order valence-corrected chi connectivity index (χ4v) is 3.33. The van der Waals surface area contributed by atoms with Crippen molar-refractivity contribution in [2.24, 2.45) is 5.73 Å². The van der Waals surface area contributed by atoms with Crippen LogP contribution in [0.3, 0.4) is 0 Å². The molecule has 0 fully saturated rings. The van der Waals surface area contributed by atoms with E-state index in [1.165, 1.54) is 16.9 Å². The average molecular weight is 392 g/mol. The van der Waals surface area contributed by atoms with Crippen LogP contribution in [0.5, 0.6) is 0 Å². The molecular weight excluding hydrogens is 370 g/mol. The first kappa shape index (κ1) is 20.2. The molecular formula is C19H22ClN3O2S. The number of amides is 1. The lowest BCUT2D eigenvalue weighted by Crippen LogP contribution is -2.37. The van der Waals surface area contributed by atoms with Crippen LogP contribution in [0, 0.1) is 6.92 Å². The minimum absolute atomic E-state index is 0. The summed E-state index contributed by atoms with van der Waals surface area (Å²) in [6.45, 7) is 3.44. The van der Waals surface area contributed by atoms with E-state index in [2.05, 4.69) is 17.1 Å². The summed E-state index contributed by atoms with van der Waals surface area (Å²) in [4.78, 5) is 19.0. The highest BCUT2D eigenvalue weighted by Gasteiger charge is 2.19. The van der Waals surface area contributed by atoms with Gasteiger partial charge in [0.1, 0.15) is 11.5 Å². The van der Waals surface area contributed by atoms with Crippen LogP contribution >= 0.6 is 23.7 Å². The zero-order valence-electron chi connectivity index (χ0n) is 14.6. The van der Waals surface area contributed by atoms with Gasteiger partial charge < -0.3 is 15.1 Å². The molecule has 0 aliphatic carbocycles. The van der Waals surface area contributed by atoms with Gasteiger partial charge in [0.15, 0.2) is 10.8 Å². The summed E-state index contributed by atoms with van der Waals surface area (Å²) in [5, 5.41) is 2.49. The standard InChI is InChI=1S/C19H21N3O2S.ClH/c1-14-7-8-17(24-14)18-21-16(13-25-18)19(23)22(12-10-20)11-9-15-5-3-2-4-6-15;/h2-8,13H,9-12,20H2,1H3;1H. The van der Waals surface area contributed by atoms with Crippen molar-refractivity contribution in [1.29, 1.82) is 0 Å². The van der Waals surface area contributed by atoms with Crippen LogP contribution < -0.4 is 5.73 Å². The van der Waals surface area contributed by atoms with Crippen molar-refractivity contribution in [3.05, 3.63) is 64.9 Å². The molecule has 3 rings (SSSR count). The lowest BCUT2D eigenvalue weighted by molar-refractivity contribution is 0.0757. The predicted octanol–water partition coefficient (Wildman–Crippen LogP) is 3.78. The minimum atomic E-state index is -0.0906. The lowest BCUT2D eigenvalue weighted by atomic mass is 10.1. The molecule has 2 heterocycles. The molecule has 2 N–H and O–H groups in total. The molecule has 0 aliphatic heterocycles. The number of hydrogen-bond donors (Lipinski definition) is 1. The van der Waals surface area contributed by atoms with Gasteiger partial charge in [0.25, 0.3) is 5.91 Å². The number of thiazole rings is 1. The van der Waals surface area contributed by atoms with Gasteiger partial charge in [-0.1, -0.05) is 30.3 Å². The third-order valence-corrected chi connectivity index (χ3v) is 4.73. The van der Waals surface area contributed by atoms with Crippen LogP contribution in [0.25, 0.3) is 10.8 Å². The monoisotopic (exact) mass is 391 g/mol. The number of carbonyl (C=O) groups is 1. The highest BCUT2D eigenvalue weighted by molar-refractivity contribution is 7.13. The molecule has 138 valence electrons. The van der Waals surface area contributed by atoms with Crippen LogP contribution in [0.2, 0.25) is 0 Å². The minimum Gasteiger partial charge on any atom is -0.459 e. The summed E-state index contributed by atoms with van der Waals surface area (Å²) in [5.41, 5.74) is 7.32. The molecule has 0 saturated heterocycles. The summed E-state index contributed by atoms with van der Waals surface area (Å²) in [7, 11) is 0. The molecule has 5 nitrogen and oxygen atoms in total. The van der Waals surface area contributed by atoms with Gasteiger partial charge in [0, 0.05) is 25.0 Å². The van der Waals surface area contributed by atoms with E-state index in [-0.39, 0.29) is 18.3 Å². The van der Waals surface area contributed by atoms with E-state index in [1.807, 2.05) is 37.3 Å². The van der Waals surface area contributed by atoms with Gasteiger partial charge in [-0.3, -0.25) is 4.79 Å². The summed E-state index contributed by atoms with van der Waals surface area (Å²) in [5.74, 6) is 1.43. The van der Waals surface area contributed by atoms with E-state index in [0.29, 0.717) is 36.1 Å². The fourth-order valence-electron chi connectivity index (χ4n) is 2.58. The van der Waals surface area contributed by atoms with Crippen molar-refractivity contribution in [2.75, 3.05) is 19.6 Å². The van der Waals surface area contributed by atoms with Crippen molar-refractivity contribution in [3.63, 3.8) is 0 Å². The molecule has 1 aromatic carbocycles. The van der Waals surface area contributed by atoms with Gasteiger partial charge >= 0.3 is 0 Å². The van der Waals surface area contributed by atoms with E-state index >= 15 is 0 Å². The first-order valence-corrected chi connectivity index (χ1v) is 9.11. The molecule has 0 atom stereocenters. The highest BCUT2D eigenvalue weighted by atomic mass is 35.5. The highest BCUT2D eigenvalue weighted by Crippen LogP contribution is 2.26. The SMILES string of the molecule is Cc1ccc(-c2nc(C(=O)N(CCN)CCc3ccccc3)cs2)o1.Cl. The van der Waals surface area contributed by atoms with E-state index in [4.69, 9.17) is 10.2 Å². The third-order valence-electron chi connectivity index (χ3n) is 3.87. The van der Waals surface area contributed by atoms with Gasteiger partial charge in [0.05, 0.1) is 0 Å². The topological polar surface area (TPSA) is 72.4 Å². The molecule has 3 aromatic rings. The Bertz CT molecular complexity index is 832. The Morgan fingerprint density at radius 2 is 1.96 bits per heavy atom. The number of carbonyl (C=O) groups excluding carboxylic acids is 1. The number of aryl methyl sites for hydroxylation is 1. The Hall–Kier alpha value is -2.15. The van der Waals surface area contributed by atoms with Gasteiger partial charge in [-0.15, -0.1) is 23.7 Å². The molecule has 0 spiro atoms. The van der Waals surface area contributed by atoms with Gasteiger partial charge in [-0.25, -0.2) is 4.98 Å². The Morgan fingerprint density at radius 3 is 2.62 bits per heavy atom. The van der Waals surface area contributed by atoms with Crippen molar-refractivity contribution >= 4 is 29.7 Å². The third kappa shape index (κ3) is 4.94. The Balaban J connectivity index is 0.00000243. The maximum atomic E-state index is 12.8. The number of benzene rings is 1. The van der Waals surface area contributed by atoms with Gasteiger partial charge in [-0.2, -0.15) is 0 Å². The largest absolute Gasteiger partial charge is 0.459 e. The lowest BCUT2D eigenvalue weighted by Gasteiger charge is -2.21. The second kappa shape index (κ2) is 9.52. The van der Waals surface area contributed by atoms with E-state index in [1.54, 1.807) is 10.3 Å². The molecule has 1 amide bonds. The number of rotatable bonds is 7. The molecule has 0 saturated carbocycles. The van der Waals surface area contributed by atoms with E-state index < -0.39 is 0 Å². The fraction of sp³-hybridized carbons (Fsp3) is 0.263. The van der Waals surface area contributed by atoms with Gasteiger partial charge in [0.2, 0.25) is 0 Å². The predicted molar refractivity (Wildman–Crippen MR) is 107 cm³/mol. The molecule has 0 aliphatic rings. The second-order valence-electron chi connectivity index (χ2n) is 5.76.